The van der Waals surface area contributed by atoms with Crippen molar-refractivity contribution in [2.24, 2.45) is 11.8 Å². The van der Waals surface area contributed by atoms with Gasteiger partial charge in [0.15, 0.2) is 5.13 Å². The van der Waals surface area contributed by atoms with Gasteiger partial charge in [0.1, 0.15) is 23.7 Å². The van der Waals surface area contributed by atoms with Crippen LogP contribution in [0.2, 0.25) is 0 Å². The first-order valence-electron chi connectivity index (χ1n) is 18.9. The van der Waals surface area contributed by atoms with E-state index in [-0.39, 0.29) is 37.8 Å². The summed E-state index contributed by atoms with van der Waals surface area (Å²) in [6, 6.07) is 4.12. The van der Waals surface area contributed by atoms with E-state index in [1.807, 2.05) is 35.7 Å². The van der Waals surface area contributed by atoms with Crippen LogP contribution in [0, 0.1) is 11.8 Å². The van der Waals surface area contributed by atoms with Crippen molar-refractivity contribution < 1.29 is 37.1 Å². The Kier molecular flexibility index (Phi) is 10.0. The van der Waals surface area contributed by atoms with E-state index in [1.54, 1.807) is 4.90 Å². The van der Waals surface area contributed by atoms with Crippen LogP contribution in [0.4, 0.5) is 9.93 Å². The minimum absolute atomic E-state index is 0.00500. The van der Waals surface area contributed by atoms with Crippen LogP contribution in [0.1, 0.15) is 80.2 Å². The van der Waals surface area contributed by atoms with Gasteiger partial charge in [-0.3, -0.25) is 24.0 Å². The molecule has 1 saturated heterocycles. The number of sulfonamides is 1. The largest absolute Gasteiger partial charge is 0.444 e. The summed E-state index contributed by atoms with van der Waals surface area (Å²) in [7, 11) is -3.88. The maximum atomic E-state index is 14.8. The summed E-state index contributed by atoms with van der Waals surface area (Å²) in [4.78, 5) is 64.3. The second-order valence-corrected chi connectivity index (χ2v) is 18.2. The molecule has 288 valence electrons. The first kappa shape index (κ1) is 36.7. The Morgan fingerprint density at radius 2 is 1.93 bits per heavy atom. The number of nitrogens with one attached hydrogen (secondary N) is 3. The third-order valence-electron chi connectivity index (χ3n) is 11.6. The Morgan fingerprint density at radius 1 is 1.11 bits per heavy atom. The second kappa shape index (κ2) is 14.8. The lowest BCUT2D eigenvalue weighted by atomic mass is 9.83. The minimum atomic E-state index is -3.88. The third kappa shape index (κ3) is 7.39. The van der Waals surface area contributed by atoms with Crippen molar-refractivity contribution in [1.29, 1.82) is 0 Å². The molecular weight excluding hydrogens is 733 g/mol. The number of thiazole rings is 1. The van der Waals surface area contributed by atoms with Crippen LogP contribution >= 0.6 is 11.3 Å². The van der Waals surface area contributed by atoms with Gasteiger partial charge in [0.2, 0.25) is 21.8 Å². The van der Waals surface area contributed by atoms with Crippen molar-refractivity contribution in [3.63, 3.8) is 0 Å². The summed E-state index contributed by atoms with van der Waals surface area (Å²) in [6.07, 6.45) is 9.86. The molecule has 3 N–H and O–H groups in total. The van der Waals surface area contributed by atoms with Crippen molar-refractivity contribution in [2.45, 2.75) is 106 Å². The highest BCUT2D eigenvalue weighted by Crippen LogP contribution is 2.46. The molecule has 4 amide bonds. The molecule has 0 spiro atoms. The average molecular weight is 779 g/mol. The summed E-state index contributed by atoms with van der Waals surface area (Å²) >= 11 is 1.38. The number of hydrogen-bond acceptors (Lipinski definition) is 11. The molecule has 4 fully saturated rings. The Morgan fingerprint density at radius 3 is 2.69 bits per heavy atom. The Labute approximate surface area is 318 Å². The van der Waals surface area contributed by atoms with Gasteiger partial charge in [-0.05, 0) is 54.7 Å². The van der Waals surface area contributed by atoms with Crippen LogP contribution in [-0.2, 0) is 53.6 Å². The predicted molar refractivity (Wildman–Crippen MR) is 200 cm³/mol. The van der Waals surface area contributed by atoms with Crippen molar-refractivity contribution in [2.75, 3.05) is 18.5 Å². The first-order chi connectivity index (χ1) is 26.0. The highest BCUT2D eigenvalue weighted by Gasteiger charge is 2.62. The molecule has 6 bridgehead atoms. The summed E-state index contributed by atoms with van der Waals surface area (Å²) in [5, 5.41) is 8.09. The lowest BCUT2D eigenvalue weighted by molar-refractivity contribution is -0.141. The SMILES string of the molecule is C=C[C@@H]1C[C@]1(NC(=O)[C@@H]1C[C@@H]2CN1C(=O)[C@H](C1CCCCC1)Nc1nc(cs1)COC/C=C/c1cccc3c1CN(C3)C(=O)O2)C(=O)NS(=O)(=O)C1CC1. The van der Waals surface area contributed by atoms with E-state index in [0.29, 0.717) is 37.7 Å². The fourth-order valence-corrected chi connectivity index (χ4v) is 10.4. The molecule has 54 heavy (non-hydrogen) atoms. The van der Waals surface area contributed by atoms with E-state index < -0.39 is 62.8 Å². The minimum Gasteiger partial charge on any atom is -0.444 e. The molecule has 3 aliphatic carbocycles. The van der Waals surface area contributed by atoms with Gasteiger partial charge >= 0.3 is 6.09 Å². The zero-order chi connectivity index (χ0) is 37.6. The molecule has 8 rings (SSSR count). The fraction of sp³-hybridized carbons (Fsp3) is 0.553. The van der Waals surface area contributed by atoms with Gasteiger partial charge in [0.25, 0.3) is 5.91 Å². The fourth-order valence-electron chi connectivity index (χ4n) is 8.35. The smallest absolute Gasteiger partial charge is 0.410 e. The van der Waals surface area contributed by atoms with Crippen LogP contribution in [0.3, 0.4) is 0 Å². The molecule has 3 saturated carbocycles. The van der Waals surface area contributed by atoms with E-state index in [2.05, 4.69) is 21.9 Å². The van der Waals surface area contributed by atoms with E-state index in [1.165, 1.54) is 22.3 Å². The number of nitrogens with zero attached hydrogens (tertiary/aromatic N) is 3. The number of anilines is 1. The van der Waals surface area contributed by atoms with Crippen LogP contribution in [0.15, 0.2) is 42.3 Å². The lowest BCUT2D eigenvalue weighted by Crippen LogP contribution is -2.58. The number of fused-ring (bicyclic) bond motifs is 5. The maximum absolute atomic E-state index is 14.8. The van der Waals surface area contributed by atoms with Crippen molar-refractivity contribution >= 4 is 56.4 Å². The summed E-state index contributed by atoms with van der Waals surface area (Å²) in [5.41, 5.74) is 2.20. The number of amides is 4. The molecule has 1 aromatic carbocycles. The van der Waals surface area contributed by atoms with Gasteiger partial charge < -0.3 is 25.0 Å². The van der Waals surface area contributed by atoms with Crippen LogP contribution in [-0.4, -0.2) is 89.1 Å². The molecule has 6 aliphatic rings. The highest BCUT2D eigenvalue weighted by atomic mass is 32.2. The number of aromatic nitrogens is 1. The van der Waals surface area contributed by atoms with Gasteiger partial charge in [-0.2, -0.15) is 0 Å². The normalized spacial score (nSPS) is 29.5. The number of ether oxygens (including phenoxy) is 2. The predicted octanol–water partition coefficient (Wildman–Crippen LogP) is 3.84. The molecule has 0 unspecified atom stereocenters. The van der Waals surface area contributed by atoms with E-state index in [4.69, 9.17) is 14.5 Å². The van der Waals surface area contributed by atoms with E-state index in [9.17, 15) is 27.6 Å². The Hall–Kier alpha value is -4.28. The standard InChI is InChI=1S/C38H46N6O8S2/c1-2-26-17-38(26,35(47)42-54(49,50)29-13-14-29)41-33(45)31-16-28-19-44(31)34(46)32(24-8-4-3-5-9-24)40-36-39-27(22-53-36)21-51-15-7-12-23-10-6-11-25-18-43(20-30(23)25)37(48)52-28/h2,6-7,10-12,22,24,26,28-29,31-32H,1,3-5,8-9,13-21H2,(H,39,40)(H,41,45)(H,42,47)/b12-7+/t26-,28-,31+,32+,38-/m1/s1. The number of benzene rings is 1. The maximum Gasteiger partial charge on any atom is 0.410 e. The average Bonchev–Trinajstić information content (AvgIpc) is 3.98. The number of hydrogen-bond donors (Lipinski definition) is 3. The molecule has 14 nitrogen and oxygen atoms in total. The van der Waals surface area contributed by atoms with Crippen LogP contribution in [0.25, 0.3) is 6.08 Å². The van der Waals surface area contributed by atoms with Crippen molar-refractivity contribution in [3.8, 4) is 0 Å². The Bertz CT molecular complexity index is 1970. The number of rotatable bonds is 7. The summed E-state index contributed by atoms with van der Waals surface area (Å²) in [5.74, 6) is -2.29. The third-order valence-corrected chi connectivity index (χ3v) is 14.3. The number of carbonyl (C=O) groups is 4. The van der Waals surface area contributed by atoms with Crippen molar-refractivity contribution in [3.05, 3.63) is 64.7 Å². The topological polar surface area (TPSA) is 176 Å². The van der Waals surface area contributed by atoms with Gasteiger partial charge in [-0.25, -0.2) is 18.2 Å². The molecule has 1 aromatic heterocycles. The summed E-state index contributed by atoms with van der Waals surface area (Å²) < 4.78 is 39.6. The van der Waals surface area contributed by atoms with E-state index in [0.717, 1.165) is 54.5 Å². The van der Waals surface area contributed by atoms with Gasteiger partial charge in [-0.15, -0.1) is 17.9 Å². The zero-order valence-electron chi connectivity index (χ0n) is 30.0. The monoisotopic (exact) mass is 778 g/mol. The quantitative estimate of drug-likeness (QED) is 0.351. The zero-order valence-corrected chi connectivity index (χ0v) is 31.7. The molecular formula is C38H46N6O8S2. The molecule has 4 heterocycles. The lowest BCUT2D eigenvalue weighted by Gasteiger charge is -2.34. The molecule has 0 radical (unpaired) electrons. The molecule has 5 atom stereocenters. The van der Waals surface area contributed by atoms with Gasteiger partial charge in [-0.1, -0.05) is 55.7 Å². The Balaban J connectivity index is 1.09. The first-order valence-corrected chi connectivity index (χ1v) is 21.3. The van der Waals surface area contributed by atoms with Crippen molar-refractivity contribution in [1.82, 2.24) is 24.8 Å². The highest BCUT2D eigenvalue weighted by molar-refractivity contribution is 7.91. The molecule has 2 aromatic rings. The van der Waals surface area contributed by atoms with Gasteiger partial charge in [0.05, 0.1) is 37.2 Å². The number of carbonyl (C=O) groups excluding carboxylic acids is 4. The van der Waals surface area contributed by atoms with Gasteiger partial charge in [0, 0.05) is 24.3 Å². The second-order valence-electron chi connectivity index (χ2n) is 15.4. The van der Waals surface area contributed by atoms with E-state index >= 15 is 0 Å². The molecule has 3 aliphatic heterocycles. The summed E-state index contributed by atoms with van der Waals surface area (Å²) in [6.45, 7) is 5.12. The van der Waals surface area contributed by atoms with Crippen LogP contribution in [0.5, 0.6) is 0 Å². The van der Waals surface area contributed by atoms with Crippen LogP contribution < -0.4 is 15.4 Å². The molecule has 16 heteroatoms.